The van der Waals surface area contributed by atoms with Gasteiger partial charge >= 0.3 is 0 Å². The molecule has 0 unspecified atom stereocenters. The lowest BCUT2D eigenvalue weighted by molar-refractivity contribution is 0.151. The predicted molar refractivity (Wildman–Crippen MR) is 77.7 cm³/mol. The third-order valence-electron chi connectivity index (χ3n) is 2.81. The molecule has 0 radical (unpaired) electrons. The van der Waals surface area contributed by atoms with Crippen LogP contribution < -0.4 is 5.32 Å². The molecule has 2 rings (SSSR count). The molecule has 0 saturated heterocycles. The Labute approximate surface area is 125 Å². The number of anilines is 1. The molecule has 0 atom stereocenters. The van der Waals surface area contributed by atoms with E-state index in [0.717, 1.165) is 11.1 Å². The van der Waals surface area contributed by atoms with Crippen molar-refractivity contribution in [1.82, 2.24) is 4.98 Å². The Hall–Kier alpha value is -1.39. The van der Waals surface area contributed by atoms with Gasteiger partial charge in [-0.2, -0.15) is 0 Å². The SMILES string of the molecule is Cc1cc(Cl)nc(Cl)c1NCc1cccc(C(F)F)c1. The minimum atomic E-state index is -2.47. The van der Waals surface area contributed by atoms with E-state index in [9.17, 15) is 8.78 Å². The minimum Gasteiger partial charge on any atom is -0.378 e. The summed E-state index contributed by atoms with van der Waals surface area (Å²) in [6, 6.07) is 7.92. The fraction of sp³-hybridized carbons (Fsp3) is 0.214. The van der Waals surface area contributed by atoms with Crippen molar-refractivity contribution in [3.05, 3.63) is 57.3 Å². The number of benzene rings is 1. The second-order valence-electron chi connectivity index (χ2n) is 4.33. The minimum absolute atomic E-state index is 0.00125. The summed E-state index contributed by atoms with van der Waals surface area (Å²) >= 11 is 11.8. The molecule has 0 saturated carbocycles. The van der Waals surface area contributed by atoms with E-state index >= 15 is 0 Å². The average molecular weight is 317 g/mol. The summed E-state index contributed by atoms with van der Waals surface area (Å²) in [5, 5.41) is 3.67. The van der Waals surface area contributed by atoms with E-state index in [-0.39, 0.29) is 10.7 Å². The normalized spacial score (nSPS) is 10.9. The molecule has 0 spiro atoms. The van der Waals surface area contributed by atoms with Crippen molar-refractivity contribution < 1.29 is 8.78 Å². The van der Waals surface area contributed by atoms with Gasteiger partial charge in [0.05, 0.1) is 5.69 Å². The number of hydrogen-bond donors (Lipinski definition) is 1. The average Bonchev–Trinajstić information content (AvgIpc) is 2.37. The van der Waals surface area contributed by atoms with Crippen LogP contribution in [0.25, 0.3) is 0 Å². The van der Waals surface area contributed by atoms with Crippen molar-refractivity contribution in [3.63, 3.8) is 0 Å². The molecule has 2 nitrogen and oxygen atoms in total. The van der Waals surface area contributed by atoms with Gasteiger partial charge in [0.2, 0.25) is 0 Å². The van der Waals surface area contributed by atoms with Crippen LogP contribution in [0.5, 0.6) is 0 Å². The van der Waals surface area contributed by atoms with Crippen LogP contribution in [0.1, 0.15) is 23.1 Å². The maximum Gasteiger partial charge on any atom is 0.263 e. The molecule has 6 heteroatoms. The van der Waals surface area contributed by atoms with E-state index in [4.69, 9.17) is 23.2 Å². The number of halogens is 4. The van der Waals surface area contributed by atoms with Crippen molar-refractivity contribution in [3.8, 4) is 0 Å². The highest BCUT2D eigenvalue weighted by Crippen LogP contribution is 2.27. The highest BCUT2D eigenvalue weighted by Gasteiger charge is 2.09. The molecule has 0 aliphatic carbocycles. The quantitative estimate of drug-likeness (QED) is 0.779. The number of nitrogens with one attached hydrogen (secondary N) is 1. The third-order valence-corrected chi connectivity index (χ3v) is 3.28. The van der Waals surface area contributed by atoms with Crippen LogP contribution in [-0.2, 0) is 6.54 Å². The second kappa shape index (κ2) is 6.37. The molecule has 1 aromatic heterocycles. The molecule has 0 fully saturated rings. The van der Waals surface area contributed by atoms with E-state index in [1.807, 2.05) is 6.92 Å². The van der Waals surface area contributed by atoms with E-state index in [1.54, 1.807) is 18.2 Å². The Kier molecular flexibility index (Phi) is 4.78. The van der Waals surface area contributed by atoms with E-state index in [1.165, 1.54) is 12.1 Å². The number of nitrogens with zero attached hydrogens (tertiary/aromatic N) is 1. The van der Waals surface area contributed by atoms with Crippen LogP contribution in [0.4, 0.5) is 14.5 Å². The van der Waals surface area contributed by atoms with Gasteiger partial charge in [-0.3, -0.25) is 0 Å². The number of alkyl halides is 2. The fourth-order valence-corrected chi connectivity index (χ4v) is 2.44. The second-order valence-corrected chi connectivity index (χ2v) is 5.07. The molecule has 2 aromatic rings. The van der Waals surface area contributed by atoms with E-state index < -0.39 is 6.43 Å². The molecule has 20 heavy (non-hydrogen) atoms. The zero-order valence-electron chi connectivity index (χ0n) is 10.6. The number of aromatic nitrogens is 1. The molecule has 1 aromatic carbocycles. The monoisotopic (exact) mass is 316 g/mol. The highest BCUT2D eigenvalue weighted by molar-refractivity contribution is 6.34. The van der Waals surface area contributed by atoms with Crippen LogP contribution >= 0.6 is 23.2 Å². The predicted octanol–water partition coefficient (Wildman–Crippen LogP) is 5.25. The molecule has 0 amide bonds. The summed E-state index contributed by atoms with van der Waals surface area (Å²) in [6.45, 7) is 2.22. The van der Waals surface area contributed by atoms with Crippen molar-refractivity contribution in [2.45, 2.75) is 19.9 Å². The summed E-state index contributed by atoms with van der Waals surface area (Å²) in [7, 11) is 0. The van der Waals surface area contributed by atoms with Crippen LogP contribution in [0.2, 0.25) is 10.3 Å². The van der Waals surface area contributed by atoms with Gasteiger partial charge in [0, 0.05) is 12.1 Å². The first kappa shape index (κ1) is 15.0. The van der Waals surface area contributed by atoms with Gasteiger partial charge in [-0.25, -0.2) is 13.8 Å². The van der Waals surface area contributed by atoms with Crippen LogP contribution in [-0.4, -0.2) is 4.98 Å². The largest absolute Gasteiger partial charge is 0.378 e. The molecule has 1 N–H and O–H groups in total. The standard InChI is InChI=1S/C14H12Cl2F2N2/c1-8-5-11(15)20-13(16)12(8)19-7-9-3-2-4-10(6-9)14(17)18/h2-6,14,19H,7H2,1H3. The topological polar surface area (TPSA) is 24.9 Å². The Bertz CT molecular complexity index is 595. The molecular formula is C14H12Cl2F2N2. The first-order valence-electron chi connectivity index (χ1n) is 5.91. The molecule has 0 aliphatic rings. The van der Waals surface area contributed by atoms with Gasteiger partial charge in [0.15, 0.2) is 5.15 Å². The van der Waals surface area contributed by atoms with Gasteiger partial charge in [-0.05, 0) is 30.2 Å². The summed E-state index contributed by atoms with van der Waals surface area (Å²) in [5.74, 6) is 0. The Morgan fingerprint density at radius 1 is 1.25 bits per heavy atom. The van der Waals surface area contributed by atoms with Crippen LogP contribution in [0.15, 0.2) is 30.3 Å². The zero-order valence-corrected chi connectivity index (χ0v) is 12.1. The summed E-state index contributed by atoms with van der Waals surface area (Å²) in [6.07, 6.45) is -2.47. The van der Waals surface area contributed by atoms with Gasteiger partial charge < -0.3 is 5.32 Å². The summed E-state index contributed by atoms with van der Waals surface area (Å²) in [5.41, 5.74) is 2.24. The van der Waals surface area contributed by atoms with E-state index in [0.29, 0.717) is 17.4 Å². The molecule has 0 bridgehead atoms. The fourth-order valence-electron chi connectivity index (χ4n) is 1.84. The Balaban J connectivity index is 2.15. The van der Waals surface area contributed by atoms with Crippen molar-refractivity contribution in [1.29, 1.82) is 0 Å². The van der Waals surface area contributed by atoms with Crippen LogP contribution in [0.3, 0.4) is 0 Å². The Morgan fingerprint density at radius 3 is 2.65 bits per heavy atom. The smallest absolute Gasteiger partial charge is 0.263 e. The maximum absolute atomic E-state index is 12.6. The lowest BCUT2D eigenvalue weighted by atomic mass is 10.1. The number of rotatable bonds is 4. The third kappa shape index (κ3) is 3.58. The van der Waals surface area contributed by atoms with Crippen molar-refractivity contribution >= 4 is 28.9 Å². The first-order chi connectivity index (χ1) is 9.47. The van der Waals surface area contributed by atoms with Gasteiger partial charge in [0.1, 0.15) is 5.15 Å². The first-order valence-corrected chi connectivity index (χ1v) is 6.66. The van der Waals surface area contributed by atoms with E-state index in [2.05, 4.69) is 10.3 Å². The molecule has 0 aliphatic heterocycles. The van der Waals surface area contributed by atoms with Gasteiger partial charge in [-0.15, -0.1) is 0 Å². The maximum atomic E-state index is 12.6. The lowest BCUT2D eigenvalue weighted by Crippen LogP contribution is -2.03. The van der Waals surface area contributed by atoms with Crippen molar-refractivity contribution in [2.75, 3.05) is 5.32 Å². The molecule has 106 valence electrons. The van der Waals surface area contributed by atoms with Crippen LogP contribution in [0, 0.1) is 6.92 Å². The van der Waals surface area contributed by atoms with Crippen molar-refractivity contribution in [2.24, 2.45) is 0 Å². The lowest BCUT2D eigenvalue weighted by Gasteiger charge is -2.12. The summed E-state index contributed by atoms with van der Waals surface area (Å²) in [4.78, 5) is 3.94. The van der Waals surface area contributed by atoms with Gasteiger partial charge in [0.25, 0.3) is 6.43 Å². The number of aryl methyl sites for hydroxylation is 1. The number of pyridine rings is 1. The van der Waals surface area contributed by atoms with Gasteiger partial charge in [-0.1, -0.05) is 41.4 Å². The molecular weight excluding hydrogens is 305 g/mol. The highest BCUT2D eigenvalue weighted by atomic mass is 35.5. The zero-order chi connectivity index (χ0) is 14.7. The number of hydrogen-bond acceptors (Lipinski definition) is 2. The Morgan fingerprint density at radius 2 is 2.00 bits per heavy atom. The molecule has 1 heterocycles. The summed E-state index contributed by atoms with van der Waals surface area (Å²) < 4.78 is 25.2.